The SMILES string of the molecule is CNC1Cc2ccc(O)cc2C1O. The lowest BCUT2D eigenvalue weighted by atomic mass is 10.1. The first-order valence-electron chi connectivity index (χ1n) is 4.39. The minimum Gasteiger partial charge on any atom is -0.508 e. The van der Waals surface area contributed by atoms with Gasteiger partial charge in [0, 0.05) is 6.04 Å². The first-order valence-corrected chi connectivity index (χ1v) is 4.39. The van der Waals surface area contributed by atoms with Gasteiger partial charge in [-0.05, 0) is 36.7 Å². The van der Waals surface area contributed by atoms with E-state index in [-0.39, 0.29) is 11.8 Å². The quantitative estimate of drug-likeness (QED) is 0.590. The fourth-order valence-corrected chi connectivity index (χ4v) is 1.87. The predicted octanol–water partition coefficient (Wildman–Crippen LogP) is 0.570. The van der Waals surface area contributed by atoms with E-state index in [1.54, 1.807) is 12.1 Å². The number of nitrogens with one attached hydrogen (secondary N) is 1. The molecular weight excluding hydrogens is 166 g/mol. The molecule has 3 nitrogen and oxygen atoms in total. The molecule has 2 rings (SSSR count). The van der Waals surface area contributed by atoms with Crippen molar-refractivity contribution in [1.82, 2.24) is 5.32 Å². The van der Waals surface area contributed by atoms with Crippen molar-refractivity contribution in [2.24, 2.45) is 0 Å². The third-order valence-electron chi connectivity index (χ3n) is 2.64. The van der Waals surface area contributed by atoms with Crippen LogP contribution in [0, 0.1) is 0 Å². The molecule has 0 bridgehead atoms. The highest BCUT2D eigenvalue weighted by Gasteiger charge is 2.29. The van der Waals surface area contributed by atoms with Crippen molar-refractivity contribution < 1.29 is 10.2 Å². The number of phenolic OH excluding ortho intramolecular Hbond substituents is 1. The normalized spacial score (nSPS) is 26.0. The van der Waals surface area contributed by atoms with Crippen LogP contribution >= 0.6 is 0 Å². The van der Waals surface area contributed by atoms with Gasteiger partial charge in [-0.1, -0.05) is 6.07 Å². The maximum Gasteiger partial charge on any atom is 0.115 e. The second-order valence-corrected chi connectivity index (χ2v) is 3.43. The first-order chi connectivity index (χ1) is 6.22. The van der Waals surface area contributed by atoms with E-state index in [0.717, 1.165) is 17.5 Å². The minimum absolute atomic E-state index is 0.0804. The topological polar surface area (TPSA) is 52.5 Å². The Bertz CT molecular complexity index is 325. The van der Waals surface area contributed by atoms with E-state index in [9.17, 15) is 10.2 Å². The molecule has 0 fully saturated rings. The Morgan fingerprint density at radius 3 is 2.92 bits per heavy atom. The average Bonchev–Trinajstić information content (AvgIpc) is 2.44. The van der Waals surface area contributed by atoms with Gasteiger partial charge < -0.3 is 15.5 Å². The van der Waals surface area contributed by atoms with Gasteiger partial charge in [0.2, 0.25) is 0 Å². The molecule has 2 atom stereocenters. The molecule has 0 aromatic heterocycles. The molecule has 3 N–H and O–H groups in total. The number of rotatable bonds is 1. The third kappa shape index (κ3) is 1.30. The molecule has 0 saturated heterocycles. The predicted molar refractivity (Wildman–Crippen MR) is 49.6 cm³/mol. The summed E-state index contributed by atoms with van der Waals surface area (Å²) in [5, 5.41) is 22.1. The summed E-state index contributed by atoms with van der Waals surface area (Å²) in [5.41, 5.74) is 1.96. The standard InChI is InChI=1S/C10H13NO2/c1-11-9-4-6-2-3-7(12)5-8(6)10(9)13/h2-3,5,9-13H,4H2,1H3. The van der Waals surface area contributed by atoms with Crippen LogP contribution < -0.4 is 5.32 Å². The minimum atomic E-state index is -0.493. The van der Waals surface area contributed by atoms with E-state index >= 15 is 0 Å². The van der Waals surface area contributed by atoms with Gasteiger partial charge in [-0.3, -0.25) is 0 Å². The summed E-state index contributed by atoms with van der Waals surface area (Å²) in [6, 6.07) is 5.24. The Morgan fingerprint density at radius 2 is 2.23 bits per heavy atom. The Morgan fingerprint density at radius 1 is 1.46 bits per heavy atom. The lowest BCUT2D eigenvalue weighted by Gasteiger charge is -2.13. The zero-order chi connectivity index (χ0) is 9.42. The van der Waals surface area contributed by atoms with E-state index < -0.39 is 6.10 Å². The number of hydrogen-bond acceptors (Lipinski definition) is 3. The molecule has 13 heavy (non-hydrogen) atoms. The molecule has 0 aliphatic heterocycles. The van der Waals surface area contributed by atoms with Crippen molar-refractivity contribution in [2.45, 2.75) is 18.6 Å². The monoisotopic (exact) mass is 179 g/mol. The number of likely N-dealkylation sites (N-methyl/N-ethyl adjacent to an activating group) is 1. The molecule has 3 heteroatoms. The highest BCUT2D eigenvalue weighted by Crippen LogP contribution is 2.33. The van der Waals surface area contributed by atoms with Crippen molar-refractivity contribution in [3.05, 3.63) is 29.3 Å². The zero-order valence-corrected chi connectivity index (χ0v) is 7.49. The molecular formula is C10H13NO2. The van der Waals surface area contributed by atoms with Crippen LogP contribution in [0.4, 0.5) is 0 Å². The first kappa shape index (κ1) is 8.53. The molecule has 2 unspecified atom stereocenters. The fourth-order valence-electron chi connectivity index (χ4n) is 1.87. The van der Waals surface area contributed by atoms with E-state index in [2.05, 4.69) is 5.32 Å². The summed E-state index contributed by atoms with van der Waals surface area (Å²) < 4.78 is 0. The van der Waals surface area contributed by atoms with Gasteiger partial charge in [0.05, 0.1) is 6.10 Å². The Labute approximate surface area is 77.0 Å². The summed E-state index contributed by atoms with van der Waals surface area (Å²) in [6.07, 6.45) is 0.333. The largest absolute Gasteiger partial charge is 0.508 e. The van der Waals surface area contributed by atoms with Gasteiger partial charge in [0.25, 0.3) is 0 Å². The molecule has 0 heterocycles. The molecule has 1 aliphatic carbocycles. The van der Waals surface area contributed by atoms with Crippen molar-refractivity contribution >= 4 is 0 Å². The summed E-state index contributed by atoms with van der Waals surface area (Å²) in [7, 11) is 1.83. The van der Waals surface area contributed by atoms with Crippen molar-refractivity contribution in [1.29, 1.82) is 0 Å². The fraction of sp³-hybridized carbons (Fsp3) is 0.400. The smallest absolute Gasteiger partial charge is 0.115 e. The lowest BCUT2D eigenvalue weighted by molar-refractivity contribution is 0.146. The van der Waals surface area contributed by atoms with Gasteiger partial charge in [0.1, 0.15) is 5.75 Å². The Hall–Kier alpha value is -1.06. The highest BCUT2D eigenvalue weighted by molar-refractivity contribution is 5.41. The van der Waals surface area contributed by atoms with Gasteiger partial charge in [-0.15, -0.1) is 0 Å². The number of phenols is 1. The molecule has 0 amide bonds. The lowest BCUT2D eigenvalue weighted by Crippen LogP contribution is -2.29. The van der Waals surface area contributed by atoms with Crippen molar-refractivity contribution in [3.8, 4) is 5.75 Å². The second-order valence-electron chi connectivity index (χ2n) is 3.43. The highest BCUT2D eigenvalue weighted by atomic mass is 16.3. The van der Waals surface area contributed by atoms with Crippen LogP contribution in [0.5, 0.6) is 5.75 Å². The number of aliphatic hydroxyl groups is 1. The summed E-state index contributed by atoms with van der Waals surface area (Å²) in [5.74, 6) is 0.217. The van der Waals surface area contributed by atoms with Crippen LogP contribution in [-0.4, -0.2) is 23.3 Å². The number of fused-ring (bicyclic) bond motifs is 1. The molecule has 1 aromatic carbocycles. The van der Waals surface area contributed by atoms with Crippen LogP contribution in [0.2, 0.25) is 0 Å². The van der Waals surface area contributed by atoms with Gasteiger partial charge in [-0.25, -0.2) is 0 Å². The summed E-state index contributed by atoms with van der Waals surface area (Å²) >= 11 is 0. The average molecular weight is 179 g/mol. The van der Waals surface area contributed by atoms with E-state index in [1.807, 2.05) is 13.1 Å². The number of aliphatic hydroxyl groups excluding tert-OH is 1. The molecule has 1 aliphatic rings. The zero-order valence-electron chi connectivity index (χ0n) is 7.49. The molecule has 0 spiro atoms. The van der Waals surface area contributed by atoms with Gasteiger partial charge >= 0.3 is 0 Å². The van der Waals surface area contributed by atoms with Gasteiger partial charge in [-0.2, -0.15) is 0 Å². The van der Waals surface area contributed by atoms with E-state index in [4.69, 9.17) is 0 Å². The molecule has 70 valence electrons. The van der Waals surface area contributed by atoms with Crippen LogP contribution in [-0.2, 0) is 6.42 Å². The summed E-state index contributed by atoms with van der Waals surface area (Å²) in [4.78, 5) is 0. The van der Waals surface area contributed by atoms with Crippen molar-refractivity contribution in [2.75, 3.05) is 7.05 Å². The molecule has 1 aromatic rings. The Kier molecular flexibility index (Phi) is 1.98. The molecule has 0 radical (unpaired) electrons. The molecule has 0 saturated carbocycles. The maximum atomic E-state index is 9.79. The van der Waals surface area contributed by atoms with Crippen LogP contribution in [0.25, 0.3) is 0 Å². The van der Waals surface area contributed by atoms with Crippen LogP contribution in [0.3, 0.4) is 0 Å². The Balaban J connectivity index is 2.39. The summed E-state index contributed by atoms with van der Waals surface area (Å²) in [6.45, 7) is 0. The number of hydrogen-bond donors (Lipinski definition) is 3. The number of benzene rings is 1. The van der Waals surface area contributed by atoms with Gasteiger partial charge in [0.15, 0.2) is 0 Å². The maximum absolute atomic E-state index is 9.79. The van der Waals surface area contributed by atoms with Crippen LogP contribution in [0.15, 0.2) is 18.2 Å². The van der Waals surface area contributed by atoms with E-state index in [0.29, 0.717) is 0 Å². The van der Waals surface area contributed by atoms with Crippen LogP contribution in [0.1, 0.15) is 17.2 Å². The third-order valence-corrected chi connectivity index (χ3v) is 2.64. The van der Waals surface area contributed by atoms with E-state index in [1.165, 1.54) is 0 Å². The number of aromatic hydroxyl groups is 1. The second kappa shape index (κ2) is 3.01. The van der Waals surface area contributed by atoms with Crippen molar-refractivity contribution in [3.63, 3.8) is 0 Å².